The average Bonchev–Trinajstić information content (AvgIpc) is 3.14. The minimum atomic E-state index is 0.0651. The Hall–Kier alpha value is -2.61. The molecule has 1 aliphatic rings. The highest BCUT2D eigenvalue weighted by Crippen LogP contribution is 2.32. The number of carbonyl (C=O) groups is 1. The Bertz CT molecular complexity index is 1010. The molecule has 0 unspecified atom stereocenters. The van der Waals surface area contributed by atoms with E-state index < -0.39 is 0 Å². The van der Waals surface area contributed by atoms with Crippen LogP contribution >= 0.6 is 11.3 Å². The second-order valence-electron chi connectivity index (χ2n) is 7.46. The molecule has 4 rings (SSSR count). The molecule has 1 aliphatic carbocycles. The smallest absolute Gasteiger partial charge is 0.228 e. The van der Waals surface area contributed by atoms with E-state index in [9.17, 15) is 4.79 Å². The first-order valence-corrected chi connectivity index (χ1v) is 10.4. The molecule has 1 fully saturated rings. The molecule has 3 aromatic heterocycles. The van der Waals surface area contributed by atoms with Gasteiger partial charge in [-0.3, -0.25) is 4.79 Å². The Morgan fingerprint density at radius 2 is 1.96 bits per heavy atom. The Morgan fingerprint density at radius 1 is 1.18 bits per heavy atom. The van der Waals surface area contributed by atoms with E-state index in [-0.39, 0.29) is 11.8 Å². The minimum absolute atomic E-state index is 0.0651. The second kappa shape index (κ2) is 7.79. The van der Waals surface area contributed by atoms with Crippen LogP contribution in [0.15, 0.2) is 18.3 Å². The molecule has 0 spiro atoms. The Kier molecular flexibility index (Phi) is 5.21. The number of anilines is 2. The molecule has 1 amide bonds. The van der Waals surface area contributed by atoms with Crippen LogP contribution in [0.25, 0.3) is 21.6 Å². The van der Waals surface area contributed by atoms with Gasteiger partial charge in [-0.2, -0.15) is 0 Å². The number of nitrogens with zero attached hydrogens (tertiary/aromatic N) is 5. The van der Waals surface area contributed by atoms with Crippen LogP contribution in [-0.4, -0.2) is 40.2 Å². The summed E-state index contributed by atoms with van der Waals surface area (Å²) in [5.41, 5.74) is 2.56. The molecular formula is C20H24N6OS. The number of aryl methyl sites for hydroxylation is 1. The van der Waals surface area contributed by atoms with Crippen LogP contribution in [-0.2, 0) is 4.79 Å². The number of rotatable bonds is 4. The molecule has 146 valence electrons. The van der Waals surface area contributed by atoms with E-state index in [4.69, 9.17) is 4.98 Å². The second-order valence-corrected chi connectivity index (χ2v) is 8.64. The van der Waals surface area contributed by atoms with Gasteiger partial charge in [0.25, 0.3) is 0 Å². The van der Waals surface area contributed by atoms with Crippen LogP contribution in [0.5, 0.6) is 0 Å². The fourth-order valence-electron chi connectivity index (χ4n) is 3.64. The van der Waals surface area contributed by atoms with Crippen LogP contribution in [0, 0.1) is 12.8 Å². The van der Waals surface area contributed by atoms with Crippen molar-refractivity contribution < 1.29 is 4.79 Å². The molecule has 0 aromatic carbocycles. The summed E-state index contributed by atoms with van der Waals surface area (Å²) >= 11 is 1.51. The maximum atomic E-state index is 12.6. The minimum Gasteiger partial charge on any atom is -0.377 e. The van der Waals surface area contributed by atoms with E-state index in [0.29, 0.717) is 5.82 Å². The monoisotopic (exact) mass is 396 g/mol. The fraction of sp³-hybridized carbons (Fsp3) is 0.450. The van der Waals surface area contributed by atoms with Crippen molar-refractivity contribution in [1.29, 1.82) is 0 Å². The summed E-state index contributed by atoms with van der Waals surface area (Å²) in [5.74, 6) is 0.702. The van der Waals surface area contributed by atoms with Gasteiger partial charge in [-0.1, -0.05) is 30.6 Å². The first-order chi connectivity index (χ1) is 13.5. The summed E-state index contributed by atoms with van der Waals surface area (Å²) in [7, 11) is 3.98. The molecule has 0 atom stereocenters. The summed E-state index contributed by atoms with van der Waals surface area (Å²) in [5, 5.41) is 13.9. The Balaban J connectivity index is 1.69. The van der Waals surface area contributed by atoms with E-state index in [1.807, 2.05) is 38.1 Å². The zero-order valence-electron chi connectivity index (χ0n) is 16.4. The standard InChI is InChI=1S/C20H24N6OS/c1-12-24-25-20(28-12)16-9-17(26(2)3)14-11-21-18(10-15(14)22-16)23-19(27)13-7-5-4-6-8-13/h9-11,13H,4-8H2,1-3H3,(H,21,23,27). The van der Waals surface area contributed by atoms with Crippen molar-refractivity contribution in [2.24, 2.45) is 5.92 Å². The van der Waals surface area contributed by atoms with Crippen molar-refractivity contribution in [1.82, 2.24) is 20.2 Å². The van der Waals surface area contributed by atoms with Gasteiger partial charge in [0.2, 0.25) is 5.91 Å². The molecule has 7 nitrogen and oxygen atoms in total. The van der Waals surface area contributed by atoms with Gasteiger partial charge in [-0.05, 0) is 25.8 Å². The van der Waals surface area contributed by atoms with Crippen molar-refractivity contribution in [2.75, 3.05) is 24.3 Å². The average molecular weight is 397 g/mol. The van der Waals surface area contributed by atoms with Gasteiger partial charge in [0.05, 0.1) is 5.52 Å². The summed E-state index contributed by atoms with van der Waals surface area (Å²) in [6, 6.07) is 3.85. The fourth-order valence-corrected chi connectivity index (χ4v) is 4.30. The number of nitrogens with one attached hydrogen (secondary N) is 1. The lowest BCUT2D eigenvalue weighted by Gasteiger charge is -2.20. The van der Waals surface area contributed by atoms with Gasteiger partial charge in [0.1, 0.15) is 16.5 Å². The van der Waals surface area contributed by atoms with E-state index in [0.717, 1.165) is 58.0 Å². The van der Waals surface area contributed by atoms with Crippen LogP contribution < -0.4 is 10.2 Å². The SMILES string of the molecule is Cc1nnc(-c2cc(N(C)C)c3cnc(NC(=O)C4CCCCC4)cc3n2)s1. The molecule has 28 heavy (non-hydrogen) atoms. The third-order valence-electron chi connectivity index (χ3n) is 5.13. The van der Waals surface area contributed by atoms with Crippen molar-refractivity contribution in [3.63, 3.8) is 0 Å². The van der Waals surface area contributed by atoms with Gasteiger partial charge in [-0.15, -0.1) is 10.2 Å². The number of pyridine rings is 2. The van der Waals surface area contributed by atoms with Crippen LogP contribution in [0.3, 0.4) is 0 Å². The first kappa shape index (κ1) is 18.7. The van der Waals surface area contributed by atoms with Gasteiger partial charge in [-0.25, -0.2) is 9.97 Å². The quantitative estimate of drug-likeness (QED) is 0.716. The largest absolute Gasteiger partial charge is 0.377 e. The number of hydrogen-bond acceptors (Lipinski definition) is 7. The highest BCUT2D eigenvalue weighted by atomic mass is 32.1. The predicted molar refractivity (Wildman–Crippen MR) is 113 cm³/mol. The van der Waals surface area contributed by atoms with Crippen LogP contribution in [0.4, 0.5) is 11.5 Å². The third kappa shape index (κ3) is 3.82. The highest BCUT2D eigenvalue weighted by molar-refractivity contribution is 7.14. The van der Waals surface area contributed by atoms with Crippen molar-refractivity contribution in [2.45, 2.75) is 39.0 Å². The highest BCUT2D eigenvalue weighted by Gasteiger charge is 2.22. The number of carbonyl (C=O) groups excluding carboxylic acids is 1. The zero-order valence-corrected chi connectivity index (χ0v) is 17.2. The Labute approximate surface area is 168 Å². The number of fused-ring (bicyclic) bond motifs is 1. The van der Waals surface area contributed by atoms with Gasteiger partial charge < -0.3 is 10.2 Å². The maximum Gasteiger partial charge on any atom is 0.228 e. The third-order valence-corrected chi connectivity index (χ3v) is 5.99. The molecular weight excluding hydrogens is 372 g/mol. The normalized spacial score (nSPS) is 15.0. The molecule has 1 N–H and O–H groups in total. The number of amides is 1. The summed E-state index contributed by atoms with van der Waals surface area (Å²) in [4.78, 5) is 23.8. The van der Waals surface area contributed by atoms with Crippen LogP contribution in [0.2, 0.25) is 0 Å². The molecule has 1 saturated carbocycles. The Morgan fingerprint density at radius 3 is 2.64 bits per heavy atom. The van der Waals surface area contributed by atoms with Gasteiger partial charge in [0.15, 0.2) is 5.01 Å². The number of hydrogen-bond donors (Lipinski definition) is 1. The predicted octanol–water partition coefficient (Wildman–Crippen LogP) is 4.04. The zero-order chi connectivity index (χ0) is 19.7. The van der Waals surface area contributed by atoms with E-state index in [1.165, 1.54) is 17.8 Å². The molecule has 8 heteroatoms. The first-order valence-electron chi connectivity index (χ1n) is 9.61. The maximum absolute atomic E-state index is 12.6. The van der Waals surface area contributed by atoms with Crippen molar-refractivity contribution in [3.8, 4) is 10.7 Å². The van der Waals surface area contributed by atoms with E-state index in [2.05, 4.69) is 20.5 Å². The molecule has 0 saturated heterocycles. The van der Waals surface area contributed by atoms with Crippen molar-refractivity contribution >= 4 is 39.7 Å². The van der Waals surface area contributed by atoms with Crippen LogP contribution in [0.1, 0.15) is 37.1 Å². The summed E-state index contributed by atoms with van der Waals surface area (Å²) in [6.07, 6.45) is 7.18. The summed E-state index contributed by atoms with van der Waals surface area (Å²) < 4.78 is 0. The topological polar surface area (TPSA) is 83.9 Å². The molecule has 0 aliphatic heterocycles. The lowest BCUT2D eigenvalue weighted by molar-refractivity contribution is -0.120. The lowest BCUT2D eigenvalue weighted by Crippen LogP contribution is -2.25. The van der Waals surface area contributed by atoms with E-state index in [1.54, 1.807) is 6.20 Å². The lowest BCUT2D eigenvalue weighted by atomic mass is 9.89. The van der Waals surface area contributed by atoms with E-state index >= 15 is 0 Å². The summed E-state index contributed by atoms with van der Waals surface area (Å²) in [6.45, 7) is 1.93. The molecule has 0 radical (unpaired) electrons. The van der Waals surface area contributed by atoms with Crippen molar-refractivity contribution in [3.05, 3.63) is 23.3 Å². The van der Waals surface area contributed by atoms with Gasteiger partial charge >= 0.3 is 0 Å². The molecule has 3 heterocycles. The number of aromatic nitrogens is 4. The molecule has 0 bridgehead atoms. The molecule has 3 aromatic rings. The van der Waals surface area contributed by atoms with Gasteiger partial charge in [0, 0.05) is 43.4 Å².